The highest BCUT2D eigenvalue weighted by Crippen LogP contribution is 2.18. The van der Waals surface area contributed by atoms with Gasteiger partial charge in [0.05, 0.1) is 0 Å². The molecule has 1 unspecified atom stereocenters. The molecule has 1 atom stereocenters. The summed E-state index contributed by atoms with van der Waals surface area (Å²) >= 11 is 0. The largest absolute Gasteiger partial charge is 0.477 e. The number of aryl methyl sites for hydroxylation is 1. The smallest absolute Gasteiger partial charge is 0.352 e. The summed E-state index contributed by atoms with van der Waals surface area (Å²) in [6.45, 7) is 1.70. The van der Waals surface area contributed by atoms with Crippen molar-refractivity contribution in [2.24, 2.45) is 7.05 Å². The van der Waals surface area contributed by atoms with E-state index < -0.39 is 22.0 Å². The monoisotopic (exact) mass is 309 g/mol. The van der Waals surface area contributed by atoms with Gasteiger partial charge in [-0.25, -0.2) is 17.9 Å². The van der Waals surface area contributed by atoms with Gasteiger partial charge in [-0.1, -0.05) is 0 Å². The second kappa shape index (κ2) is 5.66. The van der Waals surface area contributed by atoms with Gasteiger partial charge in [0.15, 0.2) is 0 Å². The highest BCUT2D eigenvalue weighted by atomic mass is 32.2. The van der Waals surface area contributed by atoms with Gasteiger partial charge in [0.1, 0.15) is 10.6 Å². The number of aromatic carboxylic acids is 1. The second-order valence-electron chi connectivity index (χ2n) is 4.60. The maximum absolute atomic E-state index is 12.3. The summed E-state index contributed by atoms with van der Waals surface area (Å²) in [4.78, 5) is 14.8. The van der Waals surface area contributed by atoms with Crippen LogP contribution >= 0.6 is 0 Å². The average molecular weight is 309 g/mol. The molecule has 2 aromatic heterocycles. The molecule has 112 valence electrons. The molecule has 2 aromatic rings. The van der Waals surface area contributed by atoms with Gasteiger partial charge in [-0.2, -0.15) is 0 Å². The predicted molar refractivity (Wildman–Crippen MR) is 75.3 cm³/mol. The van der Waals surface area contributed by atoms with Crippen molar-refractivity contribution >= 4 is 16.0 Å². The topological polar surface area (TPSA) is 101 Å². The van der Waals surface area contributed by atoms with Crippen LogP contribution in [0.5, 0.6) is 0 Å². The van der Waals surface area contributed by atoms with Gasteiger partial charge in [0, 0.05) is 31.7 Å². The highest BCUT2D eigenvalue weighted by Gasteiger charge is 2.22. The Hall–Kier alpha value is -2.19. The third-order valence-electron chi connectivity index (χ3n) is 3.05. The van der Waals surface area contributed by atoms with E-state index in [-0.39, 0.29) is 10.6 Å². The molecule has 8 heteroatoms. The summed E-state index contributed by atoms with van der Waals surface area (Å²) in [5, 5.41) is 8.96. The van der Waals surface area contributed by atoms with Crippen LogP contribution in [0.4, 0.5) is 0 Å². The van der Waals surface area contributed by atoms with E-state index in [9.17, 15) is 13.2 Å². The molecule has 0 amide bonds. The lowest BCUT2D eigenvalue weighted by Crippen LogP contribution is -2.26. The normalized spacial score (nSPS) is 13.0. The summed E-state index contributed by atoms with van der Waals surface area (Å²) in [6, 6.07) is 4.09. The van der Waals surface area contributed by atoms with Gasteiger partial charge in [-0.05, 0) is 30.7 Å². The number of pyridine rings is 1. The van der Waals surface area contributed by atoms with Gasteiger partial charge < -0.3 is 9.67 Å². The second-order valence-corrected chi connectivity index (χ2v) is 6.31. The minimum absolute atomic E-state index is 0.0803. The molecule has 0 spiro atoms. The highest BCUT2D eigenvalue weighted by molar-refractivity contribution is 7.89. The summed E-state index contributed by atoms with van der Waals surface area (Å²) in [6.07, 6.45) is 4.42. The van der Waals surface area contributed by atoms with Crippen molar-refractivity contribution < 1.29 is 18.3 Å². The zero-order valence-electron chi connectivity index (χ0n) is 11.5. The molecule has 0 aliphatic rings. The van der Waals surface area contributed by atoms with E-state index in [1.165, 1.54) is 17.8 Å². The van der Waals surface area contributed by atoms with Crippen molar-refractivity contribution in [2.45, 2.75) is 17.9 Å². The minimum Gasteiger partial charge on any atom is -0.477 e. The van der Waals surface area contributed by atoms with Crippen LogP contribution in [0.1, 0.15) is 29.0 Å². The summed E-state index contributed by atoms with van der Waals surface area (Å²) in [5.74, 6) is -1.18. The maximum Gasteiger partial charge on any atom is 0.352 e. The van der Waals surface area contributed by atoms with Gasteiger partial charge in [0.2, 0.25) is 10.0 Å². The van der Waals surface area contributed by atoms with Crippen LogP contribution in [-0.2, 0) is 17.1 Å². The molecule has 0 fully saturated rings. The van der Waals surface area contributed by atoms with Crippen molar-refractivity contribution in [3.8, 4) is 0 Å². The van der Waals surface area contributed by atoms with Crippen molar-refractivity contribution in [2.75, 3.05) is 0 Å². The zero-order valence-corrected chi connectivity index (χ0v) is 12.3. The number of nitrogens with zero attached hydrogens (tertiary/aromatic N) is 2. The predicted octanol–water partition coefficient (Wildman–Crippen LogP) is 1.16. The van der Waals surface area contributed by atoms with Crippen LogP contribution in [0.25, 0.3) is 0 Å². The Labute approximate surface area is 122 Å². The van der Waals surface area contributed by atoms with E-state index in [1.54, 1.807) is 31.5 Å². The summed E-state index contributed by atoms with van der Waals surface area (Å²) in [5.41, 5.74) is 0.676. The first-order chi connectivity index (χ1) is 9.81. The number of carboxylic acid groups (broad SMARTS) is 1. The van der Waals surface area contributed by atoms with Gasteiger partial charge in [-0.3, -0.25) is 4.98 Å². The molecule has 0 radical (unpaired) electrons. The molecule has 0 aromatic carbocycles. The quantitative estimate of drug-likeness (QED) is 0.863. The molecule has 0 saturated heterocycles. The van der Waals surface area contributed by atoms with Crippen molar-refractivity contribution in [3.05, 3.63) is 48.0 Å². The lowest BCUT2D eigenvalue weighted by atomic mass is 10.1. The van der Waals surface area contributed by atoms with Crippen LogP contribution in [0, 0.1) is 0 Å². The fourth-order valence-corrected chi connectivity index (χ4v) is 3.22. The molecule has 0 aliphatic carbocycles. The fraction of sp³-hybridized carbons (Fsp3) is 0.231. The number of aromatic nitrogens is 2. The van der Waals surface area contributed by atoms with E-state index in [1.807, 2.05) is 0 Å². The van der Waals surface area contributed by atoms with E-state index in [0.29, 0.717) is 0 Å². The Morgan fingerprint density at radius 1 is 1.38 bits per heavy atom. The third kappa shape index (κ3) is 3.29. The molecule has 0 saturated carbocycles. The third-order valence-corrected chi connectivity index (χ3v) is 4.56. The Kier molecular flexibility index (Phi) is 4.10. The first-order valence-corrected chi connectivity index (χ1v) is 7.61. The number of nitrogens with one attached hydrogen (secondary N) is 1. The van der Waals surface area contributed by atoms with E-state index in [4.69, 9.17) is 5.11 Å². The van der Waals surface area contributed by atoms with Crippen LogP contribution in [0.3, 0.4) is 0 Å². The Morgan fingerprint density at radius 3 is 2.52 bits per heavy atom. The number of sulfonamides is 1. The Morgan fingerprint density at radius 2 is 2.00 bits per heavy atom. The van der Waals surface area contributed by atoms with Crippen LogP contribution in [0.2, 0.25) is 0 Å². The lowest BCUT2D eigenvalue weighted by molar-refractivity contribution is 0.0686. The number of rotatable bonds is 5. The summed E-state index contributed by atoms with van der Waals surface area (Å²) in [7, 11) is -2.32. The molecule has 21 heavy (non-hydrogen) atoms. The van der Waals surface area contributed by atoms with E-state index in [0.717, 1.165) is 11.6 Å². The maximum atomic E-state index is 12.3. The molecule has 2 rings (SSSR count). The first kappa shape index (κ1) is 15.2. The number of hydrogen-bond donors (Lipinski definition) is 2. The van der Waals surface area contributed by atoms with Crippen molar-refractivity contribution in [1.29, 1.82) is 0 Å². The van der Waals surface area contributed by atoms with Crippen LogP contribution in [0.15, 0.2) is 41.7 Å². The molecule has 2 N–H and O–H groups in total. The lowest BCUT2D eigenvalue weighted by Gasteiger charge is -2.13. The fourth-order valence-electron chi connectivity index (χ4n) is 1.91. The summed E-state index contributed by atoms with van der Waals surface area (Å²) < 4.78 is 28.3. The molecular weight excluding hydrogens is 294 g/mol. The first-order valence-electron chi connectivity index (χ1n) is 6.13. The molecule has 7 nitrogen and oxygen atoms in total. The number of hydrogen-bond acceptors (Lipinski definition) is 4. The van der Waals surface area contributed by atoms with Crippen molar-refractivity contribution in [1.82, 2.24) is 14.3 Å². The van der Waals surface area contributed by atoms with Gasteiger partial charge in [-0.15, -0.1) is 0 Å². The average Bonchev–Trinajstić information content (AvgIpc) is 2.82. The molecule has 0 bridgehead atoms. The number of carboxylic acids is 1. The van der Waals surface area contributed by atoms with E-state index in [2.05, 4.69) is 9.71 Å². The minimum atomic E-state index is -3.80. The Balaban J connectivity index is 2.27. The van der Waals surface area contributed by atoms with Gasteiger partial charge >= 0.3 is 5.97 Å². The number of carbonyl (C=O) groups is 1. The van der Waals surface area contributed by atoms with Crippen LogP contribution < -0.4 is 4.72 Å². The van der Waals surface area contributed by atoms with Gasteiger partial charge in [0.25, 0.3) is 0 Å². The van der Waals surface area contributed by atoms with Crippen molar-refractivity contribution in [3.63, 3.8) is 0 Å². The standard InChI is InChI=1S/C13H15N3O4S/c1-9(10-3-5-14-6-4-10)15-21(19,20)11-7-12(13(17)18)16(2)8-11/h3-9,15H,1-2H3,(H,17,18). The van der Waals surface area contributed by atoms with E-state index >= 15 is 0 Å². The zero-order chi connectivity index (χ0) is 15.6. The molecule has 0 aliphatic heterocycles. The SMILES string of the molecule is CC(NS(=O)(=O)c1cc(C(=O)O)n(C)c1)c1ccncc1. The van der Waals surface area contributed by atoms with Crippen LogP contribution in [-0.4, -0.2) is 29.0 Å². The molecular formula is C13H15N3O4S. The molecule has 2 heterocycles. The Bertz CT molecular complexity index is 753.